The number of allylic oxidation sites excluding steroid dienone is 4. The third-order valence-corrected chi connectivity index (χ3v) is 3.35. The van der Waals surface area contributed by atoms with Crippen LogP contribution < -0.4 is 0 Å². The van der Waals surface area contributed by atoms with Gasteiger partial charge in [-0.3, -0.25) is 0 Å². The minimum Gasteiger partial charge on any atom is -0.166 e. The Labute approximate surface area is 104 Å². The van der Waals surface area contributed by atoms with E-state index in [2.05, 4.69) is 0 Å². The summed E-state index contributed by atoms with van der Waals surface area (Å²) in [6.07, 6.45) is -10.3. The topological polar surface area (TPSA) is 0 Å². The summed E-state index contributed by atoms with van der Waals surface area (Å²) in [7, 11) is 0. The molecule has 0 N–H and O–H groups in total. The van der Waals surface area contributed by atoms with E-state index >= 15 is 0 Å². The molecule has 100 valence electrons. The largest absolute Gasteiger partial charge is 0.417 e. The molecule has 0 saturated heterocycles. The smallest absolute Gasteiger partial charge is 0.166 e. The molecule has 0 fully saturated rings. The Bertz CT molecular complexity index is 572. The molecule has 0 aromatic heterocycles. The Morgan fingerprint density at radius 2 is 1.05 bits per heavy atom. The molecule has 1 aromatic rings. The van der Waals surface area contributed by atoms with E-state index in [1.165, 1.54) is 24.3 Å². The Morgan fingerprint density at radius 1 is 0.684 bits per heavy atom. The quantitative estimate of drug-likeness (QED) is 0.601. The highest BCUT2D eigenvalue weighted by atomic mass is 19.4. The summed E-state index contributed by atoms with van der Waals surface area (Å²) in [4.78, 5) is 0. The standard InChI is InChI=1S/C13H6F6/c14-12(15,16)10-8-5-9(11(10)13(17,18)19)7-4-2-1-3-6(7)8/h1-4H,5H2. The van der Waals surface area contributed by atoms with Crippen LogP contribution in [0.4, 0.5) is 26.3 Å². The van der Waals surface area contributed by atoms with Gasteiger partial charge >= 0.3 is 12.4 Å². The average molecular weight is 276 g/mol. The summed E-state index contributed by atoms with van der Waals surface area (Å²) in [5.41, 5.74) is -3.03. The van der Waals surface area contributed by atoms with Crippen LogP contribution in [0.1, 0.15) is 17.5 Å². The minimum atomic E-state index is -4.99. The average Bonchev–Trinajstić information content (AvgIpc) is 2.83. The third-order valence-electron chi connectivity index (χ3n) is 3.35. The van der Waals surface area contributed by atoms with Crippen LogP contribution in [0, 0.1) is 0 Å². The molecule has 2 bridgehead atoms. The van der Waals surface area contributed by atoms with Gasteiger partial charge in [-0.15, -0.1) is 0 Å². The molecule has 3 rings (SSSR count). The van der Waals surface area contributed by atoms with E-state index in [-0.39, 0.29) is 28.7 Å². The molecule has 0 amide bonds. The summed E-state index contributed by atoms with van der Waals surface area (Å²) in [6.45, 7) is 0. The van der Waals surface area contributed by atoms with Crippen molar-refractivity contribution in [3.05, 3.63) is 46.5 Å². The van der Waals surface area contributed by atoms with Gasteiger partial charge in [-0.1, -0.05) is 24.3 Å². The second-order valence-electron chi connectivity index (χ2n) is 4.42. The lowest BCUT2D eigenvalue weighted by atomic mass is 9.91. The molecule has 0 unspecified atom stereocenters. The molecule has 1 aromatic carbocycles. The fourth-order valence-electron chi connectivity index (χ4n) is 2.75. The van der Waals surface area contributed by atoms with Gasteiger partial charge in [0.05, 0.1) is 11.1 Å². The summed E-state index contributed by atoms with van der Waals surface area (Å²) in [5.74, 6) is 0. The number of benzene rings is 1. The molecule has 0 radical (unpaired) electrons. The van der Waals surface area contributed by atoms with E-state index in [4.69, 9.17) is 0 Å². The van der Waals surface area contributed by atoms with Crippen molar-refractivity contribution in [3.8, 4) is 0 Å². The zero-order chi connectivity index (χ0) is 14.0. The third kappa shape index (κ3) is 1.62. The van der Waals surface area contributed by atoms with E-state index in [9.17, 15) is 26.3 Å². The van der Waals surface area contributed by atoms with Crippen LogP contribution in [0.2, 0.25) is 0 Å². The predicted octanol–water partition coefficient (Wildman–Crippen LogP) is 4.74. The highest BCUT2D eigenvalue weighted by molar-refractivity contribution is 6.03. The van der Waals surface area contributed by atoms with Gasteiger partial charge < -0.3 is 0 Å². The van der Waals surface area contributed by atoms with Crippen molar-refractivity contribution in [2.75, 3.05) is 0 Å². The molecule has 19 heavy (non-hydrogen) atoms. The number of halogens is 6. The highest BCUT2D eigenvalue weighted by Gasteiger charge is 2.54. The first-order valence-electron chi connectivity index (χ1n) is 5.42. The maximum Gasteiger partial charge on any atom is 0.417 e. The van der Waals surface area contributed by atoms with Crippen LogP contribution in [0.15, 0.2) is 35.4 Å². The summed E-state index contributed by atoms with van der Waals surface area (Å²) in [6, 6.07) is 5.90. The zero-order valence-corrected chi connectivity index (χ0v) is 9.28. The number of rotatable bonds is 0. The van der Waals surface area contributed by atoms with Gasteiger partial charge in [0.1, 0.15) is 0 Å². The van der Waals surface area contributed by atoms with Gasteiger partial charge in [0.2, 0.25) is 0 Å². The predicted molar refractivity (Wildman–Crippen MR) is 57.0 cm³/mol. The van der Waals surface area contributed by atoms with Crippen molar-refractivity contribution in [1.82, 2.24) is 0 Å². The van der Waals surface area contributed by atoms with E-state index < -0.39 is 23.5 Å². The Morgan fingerprint density at radius 3 is 1.37 bits per heavy atom. The van der Waals surface area contributed by atoms with Gasteiger partial charge in [0.25, 0.3) is 0 Å². The fourth-order valence-corrected chi connectivity index (χ4v) is 2.75. The molecule has 0 saturated carbocycles. The molecule has 0 nitrogen and oxygen atoms in total. The highest BCUT2D eigenvalue weighted by Crippen LogP contribution is 2.59. The molecule has 0 atom stereocenters. The molecule has 6 heteroatoms. The summed E-state index contributed by atoms with van der Waals surface area (Å²) in [5, 5.41) is 0. The first-order valence-corrected chi connectivity index (χ1v) is 5.42. The second kappa shape index (κ2) is 3.43. The van der Waals surface area contributed by atoms with Crippen molar-refractivity contribution in [1.29, 1.82) is 0 Å². The van der Waals surface area contributed by atoms with E-state index in [0.717, 1.165) is 0 Å². The van der Waals surface area contributed by atoms with Crippen molar-refractivity contribution in [3.63, 3.8) is 0 Å². The lowest BCUT2D eigenvalue weighted by molar-refractivity contribution is -0.116. The molecular weight excluding hydrogens is 270 g/mol. The number of fused-ring (bicyclic) bond motifs is 5. The maximum atomic E-state index is 12.9. The van der Waals surface area contributed by atoms with Crippen LogP contribution in [0.5, 0.6) is 0 Å². The molecule has 2 aliphatic rings. The number of hydrogen-bond donors (Lipinski definition) is 0. The zero-order valence-electron chi connectivity index (χ0n) is 9.28. The first-order chi connectivity index (χ1) is 8.71. The molecule has 2 aliphatic carbocycles. The van der Waals surface area contributed by atoms with Crippen LogP contribution in [-0.4, -0.2) is 12.4 Å². The van der Waals surface area contributed by atoms with Crippen LogP contribution in [-0.2, 0) is 0 Å². The Balaban J connectivity index is 2.34. The van der Waals surface area contributed by atoms with Crippen molar-refractivity contribution in [2.24, 2.45) is 0 Å². The first kappa shape index (κ1) is 12.3. The van der Waals surface area contributed by atoms with Gasteiger partial charge in [0.15, 0.2) is 0 Å². The van der Waals surface area contributed by atoms with Crippen LogP contribution in [0.3, 0.4) is 0 Å². The molecule has 0 aliphatic heterocycles. The lowest BCUT2D eigenvalue weighted by Gasteiger charge is -2.21. The molecular formula is C13H6F6. The number of alkyl halides is 6. The Kier molecular flexibility index (Phi) is 2.23. The van der Waals surface area contributed by atoms with Crippen LogP contribution >= 0.6 is 0 Å². The van der Waals surface area contributed by atoms with Gasteiger partial charge in [-0.2, -0.15) is 26.3 Å². The normalized spacial score (nSPS) is 18.4. The molecule has 0 heterocycles. The maximum absolute atomic E-state index is 12.9. The summed E-state index contributed by atoms with van der Waals surface area (Å²) >= 11 is 0. The monoisotopic (exact) mass is 276 g/mol. The van der Waals surface area contributed by atoms with E-state index in [1.54, 1.807) is 0 Å². The fraction of sp³-hybridized carbons (Fsp3) is 0.231. The number of hydrogen-bond acceptors (Lipinski definition) is 0. The van der Waals surface area contributed by atoms with Gasteiger partial charge in [-0.25, -0.2) is 0 Å². The van der Waals surface area contributed by atoms with Crippen molar-refractivity contribution >= 4 is 11.1 Å². The van der Waals surface area contributed by atoms with Gasteiger partial charge in [-0.05, 0) is 28.7 Å². The van der Waals surface area contributed by atoms with Crippen LogP contribution in [0.25, 0.3) is 11.1 Å². The van der Waals surface area contributed by atoms with Crippen molar-refractivity contribution in [2.45, 2.75) is 18.8 Å². The van der Waals surface area contributed by atoms with Gasteiger partial charge in [0, 0.05) is 0 Å². The van der Waals surface area contributed by atoms with E-state index in [0.29, 0.717) is 0 Å². The van der Waals surface area contributed by atoms with Crippen molar-refractivity contribution < 1.29 is 26.3 Å². The summed E-state index contributed by atoms with van der Waals surface area (Å²) < 4.78 is 77.4. The minimum absolute atomic E-state index is 0.259. The lowest BCUT2D eigenvalue weighted by Crippen LogP contribution is -2.24. The second-order valence-corrected chi connectivity index (χ2v) is 4.42. The Hall–Kier alpha value is -1.72. The molecule has 0 spiro atoms. The SMILES string of the molecule is FC(F)(F)C1=C2CC(=C1C(F)(F)F)c1ccccc12. The van der Waals surface area contributed by atoms with E-state index in [1.807, 2.05) is 0 Å².